The summed E-state index contributed by atoms with van der Waals surface area (Å²) in [6.07, 6.45) is -4.78. The molecule has 0 atom stereocenters. The van der Waals surface area contributed by atoms with Gasteiger partial charge in [0.2, 0.25) is 0 Å². The van der Waals surface area contributed by atoms with Crippen LogP contribution in [0.5, 0.6) is 0 Å². The lowest BCUT2D eigenvalue weighted by molar-refractivity contribution is -0.138. The first-order chi connectivity index (χ1) is 11.6. The van der Waals surface area contributed by atoms with Crippen molar-refractivity contribution in [1.82, 2.24) is 9.13 Å². The van der Waals surface area contributed by atoms with Gasteiger partial charge in [0.1, 0.15) is 17.7 Å². The molecule has 2 rings (SSSR count). The molecule has 1 N–H and O–H groups in total. The molecule has 0 amide bonds. The first-order valence-electron chi connectivity index (χ1n) is 6.87. The van der Waals surface area contributed by atoms with Crippen molar-refractivity contribution in [2.45, 2.75) is 12.7 Å². The van der Waals surface area contributed by atoms with Crippen LogP contribution in [0.25, 0.3) is 0 Å². The molecule has 0 unspecified atom stereocenters. The first-order valence-corrected chi connectivity index (χ1v) is 6.87. The second-order valence-corrected chi connectivity index (χ2v) is 5.19. The summed E-state index contributed by atoms with van der Waals surface area (Å²) < 4.78 is 53.8. The topological polar surface area (TPSA) is 79.8 Å². The van der Waals surface area contributed by atoms with Crippen molar-refractivity contribution in [3.05, 3.63) is 61.5 Å². The van der Waals surface area contributed by atoms with Crippen molar-refractivity contribution in [3.63, 3.8) is 0 Å². The number of nitrogens with zero attached hydrogens (tertiary/aromatic N) is 3. The van der Waals surface area contributed by atoms with Gasteiger partial charge < -0.3 is 5.32 Å². The van der Waals surface area contributed by atoms with E-state index >= 15 is 0 Å². The lowest BCUT2D eigenvalue weighted by Crippen LogP contribution is -2.39. The van der Waals surface area contributed by atoms with Crippen molar-refractivity contribution >= 4 is 5.82 Å². The third-order valence-corrected chi connectivity index (χ3v) is 3.60. The first kappa shape index (κ1) is 18.3. The van der Waals surface area contributed by atoms with Crippen LogP contribution in [-0.2, 0) is 26.8 Å². The number of benzene rings is 1. The number of hydrogen-bond donors (Lipinski definition) is 1. The molecule has 0 aliphatic rings. The molecule has 0 fully saturated rings. The Hall–Kier alpha value is -3.09. The third kappa shape index (κ3) is 3.40. The number of nitrogens with one attached hydrogen (secondary N) is 1. The normalized spacial score (nSPS) is 11.2. The zero-order chi connectivity index (χ0) is 18.9. The average molecular weight is 356 g/mol. The van der Waals surface area contributed by atoms with Crippen LogP contribution in [0.15, 0.2) is 27.8 Å². The number of anilines is 1. The van der Waals surface area contributed by atoms with E-state index in [2.05, 4.69) is 5.32 Å². The van der Waals surface area contributed by atoms with Crippen LogP contribution in [0.2, 0.25) is 0 Å². The highest BCUT2D eigenvalue weighted by Crippen LogP contribution is 2.32. The van der Waals surface area contributed by atoms with Gasteiger partial charge in [-0.25, -0.2) is 9.18 Å². The van der Waals surface area contributed by atoms with E-state index in [1.54, 1.807) is 6.07 Å². The lowest BCUT2D eigenvalue weighted by atomic mass is 10.1. The third-order valence-electron chi connectivity index (χ3n) is 3.60. The standard InChI is InChI=1S/C15H12F4N4O2/c1-22-12(10(6-20)13(24)23(2)14(22)25)21-7-8-3-4-9(16)5-11(8)15(17,18)19/h3-5,21H,7H2,1-2H3. The number of hydrogen-bond acceptors (Lipinski definition) is 4. The molecule has 10 heteroatoms. The fraction of sp³-hybridized carbons (Fsp3) is 0.267. The minimum atomic E-state index is -4.78. The molecule has 1 aromatic carbocycles. The van der Waals surface area contributed by atoms with Gasteiger partial charge in [0, 0.05) is 20.6 Å². The fourth-order valence-electron chi connectivity index (χ4n) is 2.30. The highest BCUT2D eigenvalue weighted by Gasteiger charge is 2.33. The summed E-state index contributed by atoms with van der Waals surface area (Å²) >= 11 is 0. The van der Waals surface area contributed by atoms with Gasteiger partial charge in [-0.1, -0.05) is 6.07 Å². The Bertz CT molecular complexity index is 983. The Morgan fingerprint density at radius 2 is 1.84 bits per heavy atom. The monoisotopic (exact) mass is 356 g/mol. The van der Waals surface area contributed by atoms with E-state index in [4.69, 9.17) is 5.26 Å². The molecule has 0 aliphatic heterocycles. The molecule has 0 saturated heterocycles. The minimum Gasteiger partial charge on any atom is -0.366 e. The zero-order valence-corrected chi connectivity index (χ0v) is 13.1. The highest BCUT2D eigenvalue weighted by molar-refractivity contribution is 5.51. The molecule has 2 aromatic rings. The van der Waals surface area contributed by atoms with Crippen LogP contribution < -0.4 is 16.6 Å². The van der Waals surface area contributed by atoms with Crippen LogP contribution in [0, 0.1) is 17.1 Å². The van der Waals surface area contributed by atoms with Gasteiger partial charge in [0.05, 0.1) is 5.56 Å². The van der Waals surface area contributed by atoms with E-state index in [0.717, 1.165) is 16.7 Å². The molecule has 1 aromatic heterocycles. The van der Waals surface area contributed by atoms with Gasteiger partial charge in [-0.05, 0) is 17.7 Å². The zero-order valence-electron chi connectivity index (χ0n) is 13.1. The van der Waals surface area contributed by atoms with Gasteiger partial charge in [-0.2, -0.15) is 18.4 Å². The molecule has 0 radical (unpaired) electrons. The van der Waals surface area contributed by atoms with Gasteiger partial charge in [0.25, 0.3) is 5.56 Å². The van der Waals surface area contributed by atoms with E-state index < -0.39 is 40.9 Å². The summed E-state index contributed by atoms with van der Waals surface area (Å²) in [4.78, 5) is 23.8. The number of rotatable bonds is 3. The number of aromatic nitrogens is 2. The van der Waals surface area contributed by atoms with Gasteiger partial charge in [-0.3, -0.25) is 13.9 Å². The molecule has 0 bridgehead atoms. The quantitative estimate of drug-likeness (QED) is 0.850. The van der Waals surface area contributed by atoms with Crippen LogP contribution in [0.3, 0.4) is 0 Å². The molecule has 25 heavy (non-hydrogen) atoms. The smallest absolute Gasteiger partial charge is 0.366 e. The highest BCUT2D eigenvalue weighted by atomic mass is 19.4. The van der Waals surface area contributed by atoms with Gasteiger partial charge in [-0.15, -0.1) is 0 Å². The minimum absolute atomic E-state index is 0.215. The molecule has 0 saturated carbocycles. The second-order valence-electron chi connectivity index (χ2n) is 5.19. The molecule has 1 heterocycles. The van der Waals surface area contributed by atoms with E-state index in [9.17, 15) is 27.2 Å². The summed E-state index contributed by atoms with van der Waals surface area (Å²) in [7, 11) is 2.44. The van der Waals surface area contributed by atoms with Crippen molar-refractivity contribution in [2.24, 2.45) is 14.1 Å². The van der Waals surface area contributed by atoms with Gasteiger partial charge in [0.15, 0.2) is 5.56 Å². The Morgan fingerprint density at radius 3 is 2.40 bits per heavy atom. The van der Waals surface area contributed by atoms with Crippen molar-refractivity contribution in [1.29, 1.82) is 5.26 Å². The van der Waals surface area contributed by atoms with Crippen molar-refractivity contribution < 1.29 is 17.6 Å². The fourth-order valence-corrected chi connectivity index (χ4v) is 2.30. The lowest BCUT2D eigenvalue weighted by Gasteiger charge is -2.16. The summed E-state index contributed by atoms with van der Waals surface area (Å²) in [6, 6.07) is 3.78. The summed E-state index contributed by atoms with van der Waals surface area (Å²) in [5, 5.41) is 11.6. The van der Waals surface area contributed by atoms with E-state index in [0.29, 0.717) is 10.6 Å². The van der Waals surface area contributed by atoms with Gasteiger partial charge >= 0.3 is 11.9 Å². The Morgan fingerprint density at radius 1 is 1.20 bits per heavy atom. The molecule has 0 aliphatic carbocycles. The summed E-state index contributed by atoms with van der Waals surface area (Å²) in [6.45, 7) is -0.468. The Labute approximate surface area is 138 Å². The Kier molecular flexibility index (Phi) is 4.69. The maximum atomic E-state index is 13.1. The SMILES string of the molecule is Cn1c(NCc2ccc(F)cc2C(F)(F)F)c(C#N)c(=O)n(C)c1=O. The summed E-state index contributed by atoms with van der Waals surface area (Å²) in [5.41, 5.74) is -3.52. The largest absolute Gasteiger partial charge is 0.416 e. The average Bonchev–Trinajstić information content (AvgIpc) is 2.55. The predicted molar refractivity (Wildman–Crippen MR) is 80.4 cm³/mol. The molecule has 0 spiro atoms. The maximum absolute atomic E-state index is 13.1. The van der Waals surface area contributed by atoms with E-state index in [-0.39, 0.29) is 11.4 Å². The van der Waals surface area contributed by atoms with Crippen LogP contribution in [0.4, 0.5) is 23.4 Å². The van der Waals surface area contributed by atoms with Crippen LogP contribution in [0.1, 0.15) is 16.7 Å². The molecular weight excluding hydrogens is 344 g/mol. The number of alkyl halides is 3. The Balaban J connectivity index is 2.50. The van der Waals surface area contributed by atoms with E-state index in [1.807, 2.05) is 0 Å². The number of halogens is 4. The van der Waals surface area contributed by atoms with Crippen molar-refractivity contribution in [2.75, 3.05) is 5.32 Å². The second kappa shape index (κ2) is 6.43. The molecular formula is C15H12F4N4O2. The maximum Gasteiger partial charge on any atom is 0.416 e. The van der Waals surface area contributed by atoms with Crippen molar-refractivity contribution in [3.8, 4) is 6.07 Å². The van der Waals surface area contributed by atoms with E-state index in [1.165, 1.54) is 14.1 Å². The predicted octanol–water partition coefficient (Wildman–Crippen LogP) is 1.73. The van der Waals surface area contributed by atoms with Crippen LogP contribution >= 0.6 is 0 Å². The summed E-state index contributed by atoms with van der Waals surface area (Å²) in [5.74, 6) is -1.26. The number of nitriles is 1. The molecule has 6 nitrogen and oxygen atoms in total. The van der Waals surface area contributed by atoms with Crippen LogP contribution in [-0.4, -0.2) is 9.13 Å². The molecule has 132 valence electrons.